The number of benzene rings is 2. The fourth-order valence-electron chi connectivity index (χ4n) is 2.16. The van der Waals surface area contributed by atoms with E-state index in [0.717, 1.165) is 5.56 Å². The number of nitrogens with zero attached hydrogens (tertiary/aromatic N) is 3. The average Bonchev–Trinajstić information content (AvgIpc) is 3.00. The average molecular weight is 356 g/mol. The first-order valence-corrected chi connectivity index (χ1v) is 7.66. The molecule has 1 aromatic heterocycles. The first kappa shape index (κ1) is 16.7. The number of aromatic amines is 1. The third-order valence-electron chi connectivity index (χ3n) is 3.42. The van der Waals surface area contributed by atoms with E-state index in [1.807, 2.05) is 0 Å². The van der Waals surface area contributed by atoms with Crippen molar-refractivity contribution >= 4 is 24.4 Å². The van der Waals surface area contributed by atoms with Gasteiger partial charge >= 0.3 is 5.97 Å². The maximum atomic E-state index is 14.0. The summed E-state index contributed by atoms with van der Waals surface area (Å²) in [5.41, 5.74) is 1.45. The van der Waals surface area contributed by atoms with Crippen molar-refractivity contribution in [3.05, 3.63) is 70.2 Å². The van der Waals surface area contributed by atoms with Gasteiger partial charge in [0.2, 0.25) is 4.77 Å². The molecule has 0 saturated carbocycles. The van der Waals surface area contributed by atoms with Gasteiger partial charge < -0.3 is 4.74 Å². The molecule has 0 fully saturated rings. The van der Waals surface area contributed by atoms with Gasteiger partial charge in [-0.2, -0.15) is 14.9 Å². The lowest BCUT2D eigenvalue weighted by Crippen LogP contribution is -2.01. The summed E-state index contributed by atoms with van der Waals surface area (Å²) in [4.78, 5) is 11.4. The highest BCUT2D eigenvalue weighted by molar-refractivity contribution is 7.71. The van der Waals surface area contributed by atoms with E-state index < -0.39 is 11.8 Å². The lowest BCUT2D eigenvalue weighted by Gasteiger charge is -2.02. The zero-order chi connectivity index (χ0) is 17.8. The zero-order valence-electron chi connectivity index (χ0n) is 13.1. The molecule has 2 aromatic carbocycles. The van der Waals surface area contributed by atoms with Gasteiger partial charge in [0.15, 0.2) is 5.82 Å². The van der Waals surface area contributed by atoms with E-state index in [9.17, 15) is 9.18 Å². The molecule has 3 rings (SSSR count). The van der Waals surface area contributed by atoms with Crippen LogP contribution in [0.1, 0.15) is 15.9 Å². The van der Waals surface area contributed by atoms with Crippen molar-refractivity contribution in [3.63, 3.8) is 0 Å². The monoisotopic (exact) mass is 356 g/mol. The summed E-state index contributed by atoms with van der Waals surface area (Å²) >= 11 is 5.15. The topological polar surface area (TPSA) is 72.3 Å². The van der Waals surface area contributed by atoms with Gasteiger partial charge in [0.05, 0.1) is 24.5 Å². The number of carbonyl (C=O) groups excluding carboxylic acids is 1. The normalized spacial score (nSPS) is 11.0. The van der Waals surface area contributed by atoms with Crippen LogP contribution < -0.4 is 0 Å². The van der Waals surface area contributed by atoms with Gasteiger partial charge in [0, 0.05) is 0 Å². The van der Waals surface area contributed by atoms with Crippen molar-refractivity contribution < 1.29 is 13.9 Å². The Morgan fingerprint density at radius 2 is 2.00 bits per heavy atom. The Hall–Kier alpha value is -3.13. The van der Waals surface area contributed by atoms with Crippen molar-refractivity contribution in [2.75, 3.05) is 7.11 Å². The summed E-state index contributed by atoms with van der Waals surface area (Å²) in [6.07, 6.45) is 1.54. The Morgan fingerprint density at radius 3 is 2.68 bits per heavy atom. The van der Waals surface area contributed by atoms with Gasteiger partial charge in [-0.05, 0) is 42.0 Å². The third kappa shape index (κ3) is 3.53. The largest absolute Gasteiger partial charge is 0.465 e. The molecule has 0 amide bonds. The molecular weight excluding hydrogens is 343 g/mol. The summed E-state index contributed by atoms with van der Waals surface area (Å²) in [6, 6.07) is 12.9. The molecule has 0 aliphatic carbocycles. The number of hydrogen-bond acceptors (Lipinski definition) is 5. The Bertz CT molecular complexity index is 992. The second-order valence-electron chi connectivity index (χ2n) is 5.00. The molecule has 0 aliphatic rings. The van der Waals surface area contributed by atoms with E-state index >= 15 is 0 Å². The number of halogens is 1. The molecule has 0 spiro atoms. The van der Waals surface area contributed by atoms with Gasteiger partial charge in [-0.25, -0.2) is 14.3 Å². The quantitative estimate of drug-likeness (QED) is 0.442. The van der Waals surface area contributed by atoms with Crippen LogP contribution in [0.3, 0.4) is 0 Å². The Balaban J connectivity index is 1.92. The number of methoxy groups -OCH3 is 1. The van der Waals surface area contributed by atoms with E-state index in [1.54, 1.807) is 42.5 Å². The molecule has 8 heteroatoms. The van der Waals surface area contributed by atoms with E-state index in [4.69, 9.17) is 12.2 Å². The maximum absolute atomic E-state index is 14.0. The molecule has 126 valence electrons. The van der Waals surface area contributed by atoms with E-state index in [1.165, 1.54) is 24.1 Å². The van der Waals surface area contributed by atoms with Gasteiger partial charge in [-0.1, -0.05) is 24.3 Å². The molecule has 1 heterocycles. The van der Waals surface area contributed by atoms with Crippen LogP contribution in [0.4, 0.5) is 4.39 Å². The molecule has 25 heavy (non-hydrogen) atoms. The molecule has 0 bridgehead atoms. The van der Waals surface area contributed by atoms with Gasteiger partial charge in [-0.3, -0.25) is 0 Å². The van der Waals surface area contributed by atoms with Crippen molar-refractivity contribution in [2.24, 2.45) is 5.10 Å². The highest BCUT2D eigenvalue weighted by Gasteiger charge is 2.12. The predicted octanol–water partition coefficient (Wildman–Crippen LogP) is 3.42. The summed E-state index contributed by atoms with van der Waals surface area (Å²) in [7, 11) is 1.32. The molecule has 1 N–H and O–H groups in total. The standard InChI is InChI=1S/C17H13FN4O2S/c1-24-16(23)12-8-6-11(7-9-12)10-19-22-15(20-21-17(22)25)13-4-2-3-5-14(13)18/h2-10H,1H3,(H,21,25). The number of ether oxygens (including phenoxy) is 1. The molecule has 0 aliphatic heterocycles. The molecule has 6 nitrogen and oxygen atoms in total. The number of esters is 1. The van der Waals surface area contributed by atoms with Crippen molar-refractivity contribution in [1.82, 2.24) is 14.9 Å². The third-order valence-corrected chi connectivity index (χ3v) is 3.68. The SMILES string of the molecule is COC(=O)c1ccc(C=Nn2c(-c3ccccc3F)n[nH]c2=S)cc1. The smallest absolute Gasteiger partial charge is 0.337 e. The summed E-state index contributed by atoms with van der Waals surface area (Å²) in [5.74, 6) is -0.566. The number of aromatic nitrogens is 3. The van der Waals surface area contributed by atoms with Crippen LogP contribution in [0.2, 0.25) is 0 Å². The number of rotatable bonds is 4. The number of nitrogens with one attached hydrogen (secondary N) is 1. The number of H-pyrrole nitrogens is 1. The second-order valence-corrected chi connectivity index (χ2v) is 5.39. The molecule has 0 unspecified atom stereocenters. The maximum Gasteiger partial charge on any atom is 0.337 e. The Morgan fingerprint density at radius 1 is 1.28 bits per heavy atom. The van der Waals surface area contributed by atoms with Gasteiger partial charge in [0.25, 0.3) is 0 Å². The molecular formula is C17H13FN4O2S. The predicted molar refractivity (Wildman–Crippen MR) is 93.6 cm³/mol. The van der Waals surface area contributed by atoms with Crippen LogP contribution in [0, 0.1) is 10.6 Å². The van der Waals surface area contributed by atoms with Crippen molar-refractivity contribution in [2.45, 2.75) is 0 Å². The summed E-state index contributed by atoms with van der Waals surface area (Å²) in [6.45, 7) is 0. The van der Waals surface area contributed by atoms with Gasteiger partial charge in [0.1, 0.15) is 5.82 Å². The Labute approximate surface area is 147 Å². The van der Waals surface area contributed by atoms with Crippen LogP contribution in [0.25, 0.3) is 11.4 Å². The van der Waals surface area contributed by atoms with Crippen LogP contribution in [0.15, 0.2) is 53.6 Å². The summed E-state index contributed by atoms with van der Waals surface area (Å²) < 4.78 is 20.2. The van der Waals surface area contributed by atoms with E-state index in [2.05, 4.69) is 20.0 Å². The minimum Gasteiger partial charge on any atom is -0.465 e. The van der Waals surface area contributed by atoms with Crippen molar-refractivity contribution in [1.29, 1.82) is 0 Å². The highest BCUT2D eigenvalue weighted by atomic mass is 32.1. The highest BCUT2D eigenvalue weighted by Crippen LogP contribution is 2.20. The Kier molecular flexibility index (Phi) is 4.80. The summed E-state index contributed by atoms with van der Waals surface area (Å²) in [5, 5.41) is 10.9. The first-order chi connectivity index (χ1) is 12.1. The molecule has 3 aromatic rings. The first-order valence-electron chi connectivity index (χ1n) is 7.25. The van der Waals surface area contributed by atoms with E-state index in [-0.39, 0.29) is 16.2 Å². The van der Waals surface area contributed by atoms with Crippen LogP contribution in [-0.2, 0) is 4.74 Å². The number of carbonyl (C=O) groups is 1. The fraction of sp³-hybridized carbons (Fsp3) is 0.0588. The number of hydrogen-bond donors (Lipinski definition) is 1. The molecule has 0 atom stereocenters. The second kappa shape index (κ2) is 7.18. The van der Waals surface area contributed by atoms with Crippen LogP contribution >= 0.6 is 12.2 Å². The lowest BCUT2D eigenvalue weighted by atomic mass is 10.1. The lowest BCUT2D eigenvalue weighted by molar-refractivity contribution is 0.0600. The van der Waals surface area contributed by atoms with E-state index in [0.29, 0.717) is 5.56 Å². The zero-order valence-corrected chi connectivity index (χ0v) is 14.0. The van der Waals surface area contributed by atoms with Crippen LogP contribution in [0.5, 0.6) is 0 Å². The molecule has 0 saturated heterocycles. The minimum absolute atomic E-state index is 0.237. The molecule has 0 radical (unpaired) electrons. The van der Waals surface area contributed by atoms with Crippen LogP contribution in [-0.4, -0.2) is 34.2 Å². The van der Waals surface area contributed by atoms with Crippen molar-refractivity contribution in [3.8, 4) is 11.4 Å². The van der Waals surface area contributed by atoms with Gasteiger partial charge in [-0.15, -0.1) is 0 Å². The fourth-order valence-corrected chi connectivity index (χ4v) is 2.34. The minimum atomic E-state index is -0.421.